The van der Waals surface area contributed by atoms with E-state index in [2.05, 4.69) is 20.3 Å². The molecule has 2 heterocycles. The maximum atomic E-state index is 14.4. The largest absolute Gasteiger partial charge is 0.368 e. The Hall–Kier alpha value is -2.09. The van der Waals surface area contributed by atoms with E-state index in [1.54, 1.807) is 30.6 Å². The van der Waals surface area contributed by atoms with Gasteiger partial charge < -0.3 is 11.1 Å². The summed E-state index contributed by atoms with van der Waals surface area (Å²) in [5, 5.41) is 3.35. The van der Waals surface area contributed by atoms with Crippen LogP contribution in [0.3, 0.4) is 0 Å². The lowest BCUT2D eigenvalue weighted by molar-refractivity contribution is 0.603. The third-order valence-corrected chi connectivity index (χ3v) is 4.58. The van der Waals surface area contributed by atoms with E-state index in [9.17, 15) is 4.39 Å². The third-order valence-electron chi connectivity index (χ3n) is 2.85. The normalized spacial score (nSPS) is 10.6. The molecule has 5 nitrogen and oxygen atoms in total. The van der Waals surface area contributed by atoms with Crippen LogP contribution in [0.5, 0.6) is 0 Å². The molecule has 0 aliphatic rings. The third kappa shape index (κ3) is 4.05. The van der Waals surface area contributed by atoms with E-state index >= 15 is 0 Å². The maximum Gasteiger partial charge on any atom is 0.223 e. The van der Waals surface area contributed by atoms with Gasteiger partial charge in [0.25, 0.3) is 0 Å². The monoisotopic (exact) mass is 381 g/mol. The van der Waals surface area contributed by atoms with Gasteiger partial charge in [-0.1, -0.05) is 35.0 Å². The summed E-state index contributed by atoms with van der Waals surface area (Å²) in [6.45, 7) is 0. The Morgan fingerprint density at radius 3 is 2.50 bits per heavy atom. The fraction of sp³-hybridized carbons (Fsp3) is 0. The highest BCUT2D eigenvalue weighted by Gasteiger charge is 2.12. The highest BCUT2D eigenvalue weighted by Crippen LogP contribution is 2.37. The quantitative estimate of drug-likeness (QED) is 0.632. The molecule has 2 aromatic heterocycles. The molecule has 1 aromatic carbocycles. The van der Waals surface area contributed by atoms with Crippen LogP contribution in [-0.2, 0) is 0 Å². The highest BCUT2D eigenvalue weighted by atomic mass is 35.5. The molecule has 0 fully saturated rings. The number of aromatic nitrogens is 3. The molecular formula is C15H10Cl2FN5S. The molecule has 122 valence electrons. The van der Waals surface area contributed by atoms with Crippen molar-refractivity contribution in [1.82, 2.24) is 15.0 Å². The lowest BCUT2D eigenvalue weighted by atomic mass is 10.3. The van der Waals surface area contributed by atoms with Crippen LogP contribution in [-0.4, -0.2) is 15.0 Å². The zero-order chi connectivity index (χ0) is 17.1. The molecule has 0 atom stereocenters. The number of rotatable bonds is 4. The molecule has 0 saturated heterocycles. The van der Waals surface area contributed by atoms with Gasteiger partial charge >= 0.3 is 0 Å². The van der Waals surface area contributed by atoms with Gasteiger partial charge in [0.2, 0.25) is 5.95 Å². The fourth-order valence-electron chi connectivity index (χ4n) is 1.90. The van der Waals surface area contributed by atoms with Crippen molar-refractivity contribution in [1.29, 1.82) is 0 Å². The van der Waals surface area contributed by atoms with Crippen LogP contribution in [0, 0.1) is 5.82 Å². The number of nitrogens with zero attached hydrogens (tertiary/aromatic N) is 3. The molecule has 0 bridgehead atoms. The van der Waals surface area contributed by atoms with E-state index in [1.807, 2.05) is 0 Å². The van der Waals surface area contributed by atoms with Gasteiger partial charge in [0.1, 0.15) is 16.8 Å². The Balaban J connectivity index is 1.86. The maximum absolute atomic E-state index is 14.4. The first-order valence-corrected chi connectivity index (χ1v) is 8.22. The van der Waals surface area contributed by atoms with Gasteiger partial charge in [-0.2, -0.15) is 4.98 Å². The zero-order valence-electron chi connectivity index (χ0n) is 12.0. The lowest BCUT2D eigenvalue weighted by Crippen LogP contribution is -2.00. The molecule has 0 unspecified atom stereocenters. The van der Waals surface area contributed by atoms with E-state index in [0.717, 1.165) is 4.90 Å². The molecule has 9 heteroatoms. The summed E-state index contributed by atoms with van der Waals surface area (Å²) in [7, 11) is 0. The van der Waals surface area contributed by atoms with E-state index < -0.39 is 5.82 Å². The number of benzene rings is 1. The van der Waals surface area contributed by atoms with Crippen molar-refractivity contribution in [2.24, 2.45) is 0 Å². The summed E-state index contributed by atoms with van der Waals surface area (Å²) < 4.78 is 14.4. The van der Waals surface area contributed by atoms with Gasteiger partial charge in [0, 0.05) is 29.0 Å². The van der Waals surface area contributed by atoms with Crippen molar-refractivity contribution in [2.45, 2.75) is 9.79 Å². The van der Waals surface area contributed by atoms with Crippen LogP contribution in [0.1, 0.15) is 0 Å². The summed E-state index contributed by atoms with van der Waals surface area (Å²) in [5.74, 6) is -0.0983. The zero-order valence-corrected chi connectivity index (χ0v) is 14.3. The number of halogens is 3. The van der Waals surface area contributed by atoms with Gasteiger partial charge in [-0.25, -0.2) is 9.37 Å². The van der Waals surface area contributed by atoms with Crippen LogP contribution in [0.2, 0.25) is 10.2 Å². The predicted octanol–water partition coefficient (Wildman–Crippen LogP) is 4.79. The van der Waals surface area contributed by atoms with Crippen molar-refractivity contribution < 1.29 is 4.39 Å². The molecule has 0 aliphatic heterocycles. The first-order valence-electron chi connectivity index (χ1n) is 6.65. The average molecular weight is 382 g/mol. The smallest absolute Gasteiger partial charge is 0.223 e. The number of pyridine rings is 1. The predicted molar refractivity (Wildman–Crippen MR) is 94.5 cm³/mol. The average Bonchev–Trinajstić information content (AvgIpc) is 2.51. The Bertz CT molecular complexity index is 836. The molecule has 3 aromatic rings. The summed E-state index contributed by atoms with van der Waals surface area (Å²) in [6, 6.07) is 7.95. The second kappa shape index (κ2) is 7.21. The van der Waals surface area contributed by atoms with Crippen LogP contribution in [0.4, 0.5) is 21.8 Å². The summed E-state index contributed by atoms with van der Waals surface area (Å²) in [4.78, 5) is 12.8. The minimum absolute atomic E-state index is 0.0152. The molecular weight excluding hydrogens is 372 g/mol. The molecule has 0 aliphatic carbocycles. The first kappa shape index (κ1) is 16.8. The van der Waals surface area contributed by atoms with E-state index in [-0.39, 0.29) is 16.1 Å². The second-order valence-electron chi connectivity index (χ2n) is 4.61. The minimum atomic E-state index is -0.458. The summed E-state index contributed by atoms with van der Waals surface area (Å²) in [5.41, 5.74) is 5.95. The number of nitrogen functional groups attached to an aromatic ring is 1. The number of nitrogens with two attached hydrogens (primary N) is 1. The van der Waals surface area contributed by atoms with Gasteiger partial charge in [-0.05, 0) is 24.3 Å². The molecule has 0 radical (unpaired) electrons. The second-order valence-corrected chi connectivity index (χ2v) is 6.49. The number of hydrogen-bond acceptors (Lipinski definition) is 6. The molecule has 0 spiro atoms. The summed E-state index contributed by atoms with van der Waals surface area (Å²) >= 11 is 13.2. The Kier molecular flexibility index (Phi) is 5.03. The van der Waals surface area contributed by atoms with Crippen molar-refractivity contribution >= 4 is 52.4 Å². The molecule has 3 N–H and O–H groups in total. The van der Waals surface area contributed by atoms with E-state index in [1.165, 1.54) is 23.9 Å². The topological polar surface area (TPSA) is 76.7 Å². The van der Waals surface area contributed by atoms with E-state index in [0.29, 0.717) is 16.4 Å². The fourth-order valence-corrected chi connectivity index (χ4v) is 3.22. The van der Waals surface area contributed by atoms with Crippen molar-refractivity contribution in [3.05, 3.63) is 58.7 Å². The Morgan fingerprint density at radius 2 is 1.83 bits per heavy atom. The van der Waals surface area contributed by atoms with Crippen LogP contribution < -0.4 is 11.1 Å². The van der Waals surface area contributed by atoms with Gasteiger partial charge in [-0.15, -0.1) is 0 Å². The summed E-state index contributed by atoms with van der Waals surface area (Å²) in [6.07, 6.45) is 3.26. The Morgan fingerprint density at radius 1 is 1.08 bits per heavy atom. The number of hydrogen-bond donors (Lipinski definition) is 2. The van der Waals surface area contributed by atoms with Gasteiger partial charge in [0.05, 0.1) is 9.92 Å². The van der Waals surface area contributed by atoms with Crippen LogP contribution in [0.15, 0.2) is 52.5 Å². The molecule has 0 saturated carbocycles. The van der Waals surface area contributed by atoms with Crippen molar-refractivity contribution in [3.8, 4) is 0 Å². The molecule has 0 amide bonds. The minimum Gasteiger partial charge on any atom is -0.368 e. The van der Waals surface area contributed by atoms with Crippen LogP contribution >= 0.6 is 35.0 Å². The SMILES string of the molecule is Nc1nc(Cl)cc(Nc2cc(F)c(Sc3ccncc3)c(Cl)c2)n1. The molecule has 24 heavy (non-hydrogen) atoms. The van der Waals surface area contributed by atoms with Crippen LogP contribution in [0.25, 0.3) is 0 Å². The number of nitrogens with one attached hydrogen (secondary N) is 1. The van der Waals surface area contributed by atoms with Crippen molar-refractivity contribution in [2.75, 3.05) is 11.1 Å². The highest BCUT2D eigenvalue weighted by molar-refractivity contribution is 7.99. The van der Waals surface area contributed by atoms with Gasteiger partial charge in [-0.3, -0.25) is 4.98 Å². The van der Waals surface area contributed by atoms with Crippen molar-refractivity contribution in [3.63, 3.8) is 0 Å². The standard InChI is InChI=1S/C15H10Cl2FN5S/c16-10-5-8(21-13-7-12(17)22-15(19)23-13)6-11(18)14(10)24-9-1-3-20-4-2-9/h1-7H,(H3,19,21,22,23). The lowest BCUT2D eigenvalue weighted by Gasteiger charge is -2.11. The van der Waals surface area contributed by atoms with E-state index in [4.69, 9.17) is 28.9 Å². The molecule has 3 rings (SSSR count). The Labute approximate surface area is 151 Å². The van der Waals surface area contributed by atoms with Gasteiger partial charge in [0.15, 0.2) is 0 Å². The first-order chi connectivity index (χ1) is 11.5. The number of anilines is 3.